The van der Waals surface area contributed by atoms with Crippen LogP contribution in [0.4, 0.5) is 19.6 Å². The van der Waals surface area contributed by atoms with Crippen molar-refractivity contribution in [1.82, 2.24) is 15.1 Å². The predicted octanol–water partition coefficient (Wildman–Crippen LogP) is 3.60. The van der Waals surface area contributed by atoms with Crippen molar-refractivity contribution in [3.63, 3.8) is 0 Å². The van der Waals surface area contributed by atoms with Crippen LogP contribution in [-0.2, 0) is 0 Å². The molecule has 0 spiro atoms. The summed E-state index contributed by atoms with van der Waals surface area (Å²) in [5, 5.41) is 11.2. The zero-order chi connectivity index (χ0) is 16.6. The van der Waals surface area contributed by atoms with E-state index in [1.165, 1.54) is 12.1 Å². The van der Waals surface area contributed by atoms with Crippen LogP contribution >= 0.6 is 27.3 Å². The summed E-state index contributed by atoms with van der Waals surface area (Å²) >= 11 is 4.33. The van der Waals surface area contributed by atoms with Crippen LogP contribution in [0.25, 0.3) is 5.57 Å². The van der Waals surface area contributed by atoms with E-state index in [2.05, 4.69) is 31.4 Å². The minimum absolute atomic E-state index is 0.0816. The highest BCUT2D eigenvalue weighted by atomic mass is 79.9. The topological polar surface area (TPSA) is 67.1 Å². The van der Waals surface area contributed by atoms with Crippen LogP contribution in [-0.4, -0.2) is 28.7 Å². The molecular formula is C14H12BrF2N5S. The van der Waals surface area contributed by atoms with E-state index in [0.717, 1.165) is 11.3 Å². The van der Waals surface area contributed by atoms with Crippen molar-refractivity contribution >= 4 is 43.7 Å². The van der Waals surface area contributed by atoms with E-state index in [4.69, 9.17) is 5.73 Å². The fraction of sp³-hybridized carbons (Fsp3) is 0.143. The van der Waals surface area contributed by atoms with Crippen LogP contribution in [0.15, 0.2) is 40.4 Å². The summed E-state index contributed by atoms with van der Waals surface area (Å²) in [6, 6.07) is 4.51. The third-order valence-corrected chi connectivity index (χ3v) is 4.42. The summed E-state index contributed by atoms with van der Waals surface area (Å²) in [7, 11) is 1.74. The van der Waals surface area contributed by atoms with Crippen molar-refractivity contribution < 1.29 is 8.78 Å². The largest absolute Gasteiger partial charge is 0.374 e. The summed E-state index contributed by atoms with van der Waals surface area (Å²) < 4.78 is 29.1. The molecule has 0 unspecified atom stereocenters. The lowest BCUT2D eigenvalue weighted by atomic mass is 10.1. The third-order valence-electron chi connectivity index (χ3n) is 3.14. The van der Waals surface area contributed by atoms with Gasteiger partial charge in [0.2, 0.25) is 5.13 Å². The molecule has 23 heavy (non-hydrogen) atoms. The average molecular weight is 400 g/mol. The monoisotopic (exact) mass is 399 g/mol. The van der Waals surface area contributed by atoms with Gasteiger partial charge >= 0.3 is 0 Å². The second kappa shape index (κ2) is 6.25. The fourth-order valence-corrected chi connectivity index (χ4v) is 3.10. The Morgan fingerprint density at radius 1 is 1.35 bits per heavy atom. The number of allylic oxidation sites excluding steroid dienone is 1. The van der Waals surface area contributed by atoms with Gasteiger partial charge in [0, 0.05) is 17.7 Å². The second-order valence-corrected chi connectivity index (χ2v) is 6.86. The first-order valence-electron chi connectivity index (χ1n) is 6.56. The minimum Gasteiger partial charge on any atom is -0.374 e. The first kappa shape index (κ1) is 15.9. The summed E-state index contributed by atoms with van der Waals surface area (Å²) in [4.78, 5) is 1.67. The van der Waals surface area contributed by atoms with Crippen molar-refractivity contribution in [2.24, 2.45) is 0 Å². The van der Waals surface area contributed by atoms with Gasteiger partial charge in [0.25, 0.3) is 0 Å². The third kappa shape index (κ3) is 3.35. The number of hydrogen-bond acceptors (Lipinski definition) is 6. The van der Waals surface area contributed by atoms with E-state index in [0.29, 0.717) is 15.1 Å². The summed E-state index contributed by atoms with van der Waals surface area (Å²) in [6.07, 6.45) is 1.72. The molecule has 5 nitrogen and oxygen atoms in total. The number of hydrogen-bond donors (Lipinski definition) is 2. The fourth-order valence-electron chi connectivity index (χ4n) is 2.14. The zero-order valence-electron chi connectivity index (χ0n) is 12.0. The van der Waals surface area contributed by atoms with E-state index in [1.807, 2.05) is 0 Å². The van der Waals surface area contributed by atoms with Gasteiger partial charge in [-0.15, -0.1) is 10.2 Å². The number of nitrogen functional groups attached to an aromatic ring is 1. The van der Waals surface area contributed by atoms with E-state index in [9.17, 15) is 8.78 Å². The van der Waals surface area contributed by atoms with Gasteiger partial charge in [-0.2, -0.15) is 0 Å². The van der Waals surface area contributed by atoms with Gasteiger partial charge in [-0.3, -0.25) is 0 Å². The predicted molar refractivity (Wildman–Crippen MR) is 90.8 cm³/mol. The maximum atomic E-state index is 14.5. The van der Waals surface area contributed by atoms with Crippen LogP contribution in [0.5, 0.6) is 0 Å². The molecular weight excluding hydrogens is 388 g/mol. The van der Waals surface area contributed by atoms with E-state index < -0.39 is 11.6 Å². The molecule has 0 bridgehead atoms. The van der Waals surface area contributed by atoms with Crippen molar-refractivity contribution in [2.45, 2.75) is 0 Å². The summed E-state index contributed by atoms with van der Waals surface area (Å²) in [5.41, 5.74) is 6.42. The van der Waals surface area contributed by atoms with Crippen molar-refractivity contribution in [2.75, 3.05) is 24.6 Å². The molecule has 0 saturated carbocycles. The Labute approximate surface area is 143 Å². The Bertz CT molecular complexity index is 817. The SMILES string of the molecule is CN1C=C(c2nnc(N)s2)C(Nc2ccc(Br)cc2F)=C(F)C1. The highest BCUT2D eigenvalue weighted by molar-refractivity contribution is 9.10. The number of halogens is 3. The van der Waals surface area contributed by atoms with E-state index in [-0.39, 0.29) is 23.1 Å². The lowest BCUT2D eigenvalue weighted by Gasteiger charge is -2.24. The van der Waals surface area contributed by atoms with Gasteiger partial charge < -0.3 is 16.0 Å². The Morgan fingerprint density at radius 2 is 2.13 bits per heavy atom. The number of rotatable bonds is 3. The number of nitrogens with one attached hydrogen (secondary N) is 1. The molecule has 3 N–H and O–H groups in total. The molecule has 0 atom stereocenters. The lowest BCUT2D eigenvalue weighted by Crippen LogP contribution is -2.22. The van der Waals surface area contributed by atoms with Crippen LogP contribution in [0.1, 0.15) is 5.01 Å². The maximum absolute atomic E-state index is 14.5. The molecule has 2 aromatic rings. The molecule has 1 aromatic heterocycles. The molecule has 0 amide bonds. The molecule has 0 fully saturated rings. The molecule has 0 aliphatic carbocycles. The quantitative estimate of drug-likeness (QED) is 0.824. The summed E-state index contributed by atoms with van der Waals surface area (Å²) in [6.45, 7) is 0.0816. The first-order valence-corrected chi connectivity index (χ1v) is 8.17. The van der Waals surface area contributed by atoms with Gasteiger partial charge in [-0.1, -0.05) is 27.3 Å². The number of benzene rings is 1. The standard InChI is InChI=1S/C14H12BrF2N5S/c1-22-5-8(13-20-21-14(18)23-13)12(10(17)6-22)19-11-3-2-7(15)4-9(11)16/h2-5,19H,6H2,1H3,(H2,18,21). The number of aromatic nitrogens is 2. The van der Waals surface area contributed by atoms with Crippen molar-refractivity contribution in [1.29, 1.82) is 0 Å². The maximum Gasteiger partial charge on any atom is 0.203 e. The van der Waals surface area contributed by atoms with E-state index in [1.54, 1.807) is 24.2 Å². The van der Waals surface area contributed by atoms with Gasteiger partial charge in [-0.05, 0) is 18.2 Å². The molecule has 0 saturated heterocycles. The smallest absolute Gasteiger partial charge is 0.203 e. The van der Waals surface area contributed by atoms with Crippen molar-refractivity contribution in [3.8, 4) is 0 Å². The Kier molecular flexibility index (Phi) is 4.31. The molecule has 0 radical (unpaired) electrons. The lowest BCUT2D eigenvalue weighted by molar-refractivity contribution is 0.429. The Balaban J connectivity index is 2.00. The van der Waals surface area contributed by atoms with E-state index >= 15 is 0 Å². The molecule has 3 rings (SSSR count). The zero-order valence-corrected chi connectivity index (χ0v) is 14.4. The van der Waals surface area contributed by atoms with Crippen LogP contribution in [0.2, 0.25) is 0 Å². The average Bonchev–Trinajstić information content (AvgIpc) is 2.90. The number of nitrogens with zero attached hydrogens (tertiary/aromatic N) is 3. The molecule has 2 heterocycles. The molecule has 1 aromatic carbocycles. The van der Waals surface area contributed by atoms with Gasteiger partial charge in [0.05, 0.1) is 23.5 Å². The second-order valence-electron chi connectivity index (χ2n) is 4.93. The molecule has 120 valence electrons. The first-order chi connectivity index (χ1) is 10.9. The minimum atomic E-state index is -0.491. The molecule has 1 aliphatic rings. The highest BCUT2D eigenvalue weighted by Crippen LogP contribution is 2.34. The van der Waals surface area contributed by atoms with Gasteiger partial charge in [-0.25, -0.2) is 8.78 Å². The van der Waals surface area contributed by atoms with Crippen LogP contribution in [0.3, 0.4) is 0 Å². The van der Waals surface area contributed by atoms with Gasteiger partial charge in [0.1, 0.15) is 11.6 Å². The van der Waals surface area contributed by atoms with Crippen molar-refractivity contribution in [3.05, 3.63) is 51.2 Å². The van der Waals surface area contributed by atoms with Crippen LogP contribution < -0.4 is 11.1 Å². The van der Waals surface area contributed by atoms with Crippen LogP contribution in [0, 0.1) is 5.82 Å². The number of likely N-dealkylation sites (N-methyl/N-ethyl adjacent to an activating group) is 1. The Morgan fingerprint density at radius 3 is 2.78 bits per heavy atom. The molecule has 1 aliphatic heterocycles. The number of anilines is 2. The Hall–Kier alpha value is -2.00. The number of nitrogens with two attached hydrogens (primary N) is 1. The van der Waals surface area contributed by atoms with Gasteiger partial charge in [0.15, 0.2) is 5.01 Å². The normalized spacial score (nSPS) is 15.0. The summed E-state index contributed by atoms with van der Waals surface area (Å²) in [5.74, 6) is -0.907. The highest BCUT2D eigenvalue weighted by Gasteiger charge is 2.24. The molecule has 9 heteroatoms.